The number of aromatic nitrogens is 3. The molecule has 0 saturated heterocycles. The Hall–Kier alpha value is -2.32. The molecule has 2 rings (SSSR count). The Morgan fingerprint density at radius 1 is 1.45 bits per heavy atom. The van der Waals surface area contributed by atoms with Crippen LogP contribution in [0.2, 0.25) is 0 Å². The molecule has 3 N–H and O–H groups in total. The van der Waals surface area contributed by atoms with Crippen LogP contribution in [-0.4, -0.2) is 27.0 Å². The summed E-state index contributed by atoms with van der Waals surface area (Å²) in [4.78, 5) is 14.5. The average Bonchev–Trinajstić information content (AvgIpc) is 2.78. The second-order valence-electron chi connectivity index (χ2n) is 4.13. The van der Waals surface area contributed by atoms with Crippen molar-refractivity contribution in [2.45, 2.75) is 19.0 Å². The number of carbonyl (C=O) groups excluding carboxylic acids is 1. The Bertz CT molecular complexity index is 622. The molecule has 0 fully saturated rings. The van der Waals surface area contributed by atoms with Crippen LogP contribution < -0.4 is 11.1 Å². The Morgan fingerprint density at radius 2 is 2.20 bits per heavy atom. The highest BCUT2D eigenvalue weighted by molar-refractivity contribution is 5.73. The van der Waals surface area contributed by atoms with Gasteiger partial charge in [0, 0.05) is 31.4 Å². The van der Waals surface area contributed by atoms with Gasteiger partial charge in [-0.25, -0.2) is 9.50 Å². The fraction of sp³-hybridized carbons (Fsp3) is 0.364. The van der Waals surface area contributed by atoms with E-state index in [-0.39, 0.29) is 17.8 Å². The van der Waals surface area contributed by atoms with E-state index in [1.807, 2.05) is 0 Å². The summed E-state index contributed by atoms with van der Waals surface area (Å²) in [6, 6.07) is 0.920. The van der Waals surface area contributed by atoms with Crippen molar-refractivity contribution in [1.82, 2.24) is 14.6 Å². The maximum atomic E-state index is 12.6. The van der Waals surface area contributed by atoms with Crippen molar-refractivity contribution in [2.24, 2.45) is 5.73 Å². The van der Waals surface area contributed by atoms with Crippen LogP contribution in [-0.2, 0) is 11.0 Å². The number of nitrogens with zero attached hydrogens (tertiary/aromatic N) is 3. The summed E-state index contributed by atoms with van der Waals surface area (Å²) < 4.78 is 38.9. The van der Waals surface area contributed by atoms with Gasteiger partial charge in [-0.15, -0.1) is 0 Å². The number of alkyl halides is 3. The highest BCUT2D eigenvalue weighted by Crippen LogP contribution is 2.29. The van der Waals surface area contributed by atoms with E-state index in [0.717, 1.165) is 10.6 Å². The summed E-state index contributed by atoms with van der Waals surface area (Å²) >= 11 is 0. The van der Waals surface area contributed by atoms with Gasteiger partial charge in [-0.2, -0.15) is 18.3 Å². The van der Waals surface area contributed by atoms with E-state index in [1.54, 1.807) is 0 Å². The predicted molar refractivity (Wildman–Crippen MR) is 64.9 cm³/mol. The van der Waals surface area contributed by atoms with E-state index >= 15 is 0 Å². The Morgan fingerprint density at radius 3 is 2.85 bits per heavy atom. The van der Waals surface area contributed by atoms with E-state index in [4.69, 9.17) is 5.73 Å². The molecule has 0 unspecified atom stereocenters. The van der Waals surface area contributed by atoms with Crippen LogP contribution in [0, 0.1) is 0 Å². The molecule has 0 saturated carbocycles. The number of hydrogen-bond acceptors (Lipinski definition) is 4. The van der Waals surface area contributed by atoms with Gasteiger partial charge in [-0.1, -0.05) is 0 Å². The number of anilines is 1. The van der Waals surface area contributed by atoms with Crippen molar-refractivity contribution in [1.29, 1.82) is 0 Å². The van der Waals surface area contributed by atoms with E-state index in [9.17, 15) is 18.0 Å². The Kier molecular flexibility index (Phi) is 3.77. The van der Waals surface area contributed by atoms with Crippen LogP contribution >= 0.6 is 0 Å². The molecule has 0 aliphatic rings. The van der Waals surface area contributed by atoms with Gasteiger partial charge in [0.1, 0.15) is 5.52 Å². The third-order valence-corrected chi connectivity index (χ3v) is 2.57. The lowest BCUT2D eigenvalue weighted by Crippen LogP contribution is -2.13. The zero-order valence-corrected chi connectivity index (χ0v) is 10.3. The van der Waals surface area contributed by atoms with Gasteiger partial charge in [0.2, 0.25) is 5.91 Å². The summed E-state index contributed by atoms with van der Waals surface area (Å²) in [7, 11) is 0. The second kappa shape index (κ2) is 5.35. The lowest BCUT2D eigenvalue weighted by atomic mass is 10.3. The largest absolute Gasteiger partial charge is 0.435 e. The van der Waals surface area contributed by atoms with Crippen molar-refractivity contribution < 1.29 is 18.0 Å². The first-order chi connectivity index (χ1) is 9.38. The molecule has 2 heterocycles. The molecule has 108 valence electrons. The van der Waals surface area contributed by atoms with Gasteiger partial charge in [-0.05, 0) is 6.42 Å². The quantitative estimate of drug-likeness (QED) is 0.814. The van der Waals surface area contributed by atoms with Crippen molar-refractivity contribution in [2.75, 3.05) is 11.9 Å². The lowest BCUT2D eigenvalue weighted by Gasteiger charge is -2.05. The van der Waals surface area contributed by atoms with Crippen LogP contribution in [0.25, 0.3) is 5.52 Å². The van der Waals surface area contributed by atoms with Gasteiger partial charge in [0.15, 0.2) is 11.5 Å². The standard InChI is InChI=1S/C11H12F3N5O/c12-11(13,14)8-6-7-10(16-3-1-2-9(15)20)17-4-5-19(7)18-8/h4-6H,1-3H2,(H2,15,20)(H,16,17). The first-order valence-corrected chi connectivity index (χ1v) is 5.81. The smallest absolute Gasteiger partial charge is 0.370 e. The highest BCUT2D eigenvalue weighted by Gasteiger charge is 2.34. The second-order valence-corrected chi connectivity index (χ2v) is 4.13. The van der Waals surface area contributed by atoms with Crippen LogP contribution in [0.5, 0.6) is 0 Å². The number of nitrogens with one attached hydrogen (secondary N) is 1. The first-order valence-electron chi connectivity index (χ1n) is 5.81. The highest BCUT2D eigenvalue weighted by atomic mass is 19.4. The minimum atomic E-state index is -4.50. The summed E-state index contributed by atoms with van der Waals surface area (Å²) in [5.74, 6) is -0.151. The van der Waals surface area contributed by atoms with Crippen molar-refractivity contribution in [3.63, 3.8) is 0 Å². The number of nitrogens with two attached hydrogens (primary N) is 1. The molecule has 0 aliphatic heterocycles. The summed E-state index contributed by atoms with van der Waals surface area (Å²) in [6.07, 6.45) is -1.16. The molecule has 0 spiro atoms. The summed E-state index contributed by atoms with van der Waals surface area (Å²) in [5, 5.41) is 6.30. The van der Waals surface area contributed by atoms with Crippen LogP contribution in [0.3, 0.4) is 0 Å². The van der Waals surface area contributed by atoms with Crippen LogP contribution in [0.4, 0.5) is 19.0 Å². The zero-order valence-electron chi connectivity index (χ0n) is 10.3. The van der Waals surface area contributed by atoms with Crippen molar-refractivity contribution >= 4 is 17.2 Å². The molecular weight excluding hydrogens is 275 g/mol. The minimum absolute atomic E-state index is 0.198. The maximum absolute atomic E-state index is 12.6. The molecule has 20 heavy (non-hydrogen) atoms. The van der Waals surface area contributed by atoms with Crippen LogP contribution in [0.15, 0.2) is 18.5 Å². The number of amides is 1. The number of halogens is 3. The Labute approximate surface area is 111 Å². The first kappa shape index (κ1) is 14.1. The molecule has 2 aromatic heterocycles. The number of carbonyl (C=O) groups is 1. The monoisotopic (exact) mass is 287 g/mol. The number of fused-ring (bicyclic) bond motifs is 1. The van der Waals surface area contributed by atoms with Gasteiger partial charge in [0.25, 0.3) is 0 Å². The van der Waals surface area contributed by atoms with E-state index in [2.05, 4.69) is 15.4 Å². The number of hydrogen-bond donors (Lipinski definition) is 2. The minimum Gasteiger partial charge on any atom is -0.370 e. The molecule has 6 nitrogen and oxygen atoms in total. The molecule has 1 amide bonds. The third-order valence-electron chi connectivity index (χ3n) is 2.57. The van der Waals surface area contributed by atoms with E-state index < -0.39 is 17.8 Å². The summed E-state index contributed by atoms with van der Waals surface area (Å²) in [5.41, 5.74) is 4.23. The zero-order chi connectivity index (χ0) is 14.8. The molecule has 0 radical (unpaired) electrons. The maximum Gasteiger partial charge on any atom is 0.435 e. The molecule has 9 heteroatoms. The number of rotatable bonds is 5. The van der Waals surface area contributed by atoms with Gasteiger partial charge in [0.05, 0.1) is 0 Å². The fourth-order valence-electron chi connectivity index (χ4n) is 1.67. The van der Waals surface area contributed by atoms with Gasteiger partial charge < -0.3 is 11.1 Å². The summed E-state index contributed by atoms with van der Waals surface area (Å²) in [6.45, 7) is 0.377. The average molecular weight is 287 g/mol. The Balaban J connectivity index is 2.17. The molecule has 0 atom stereocenters. The molecule has 2 aromatic rings. The van der Waals surface area contributed by atoms with Crippen LogP contribution in [0.1, 0.15) is 18.5 Å². The predicted octanol–water partition coefficient (Wildman–Crippen LogP) is 1.43. The fourth-order valence-corrected chi connectivity index (χ4v) is 1.67. The molecule has 0 aromatic carbocycles. The topological polar surface area (TPSA) is 85.3 Å². The molecule has 0 bridgehead atoms. The molecule has 0 aliphatic carbocycles. The van der Waals surface area contributed by atoms with Gasteiger partial charge >= 0.3 is 6.18 Å². The lowest BCUT2D eigenvalue weighted by molar-refractivity contribution is -0.141. The van der Waals surface area contributed by atoms with Crippen molar-refractivity contribution in [3.8, 4) is 0 Å². The number of primary amides is 1. The normalized spacial score (nSPS) is 11.8. The van der Waals surface area contributed by atoms with E-state index in [1.165, 1.54) is 12.4 Å². The molecular formula is C11H12F3N5O. The third kappa shape index (κ3) is 3.16. The SMILES string of the molecule is NC(=O)CCCNc1nccn2nc(C(F)(F)F)cc12. The van der Waals surface area contributed by atoms with Crippen molar-refractivity contribution in [3.05, 3.63) is 24.2 Å². The van der Waals surface area contributed by atoms with E-state index in [0.29, 0.717) is 13.0 Å². The van der Waals surface area contributed by atoms with Gasteiger partial charge in [-0.3, -0.25) is 4.79 Å².